The number of tetrazole rings is 1. The highest BCUT2D eigenvalue weighted by atomic mass is 19.4. The average Bonchev–Trinajstić information content (AvgIpc) is 3.57. The summed E-state index contributed by atoms with van der Waals surface area (Å²) >= 11 is 0. The molecule has 0 radical (unpaired) electrons. The van der Waals surface area contributed by atoms with Crippen molar-refractivity contribution in [3.05, 3.63) is 53.6 Å². The van der Waals surface area contributed by atoms with Gasteiger partial charge >= 0.3 is 12.4 Å². The number of H-pyrrole nitrogens is 1. The maximum atomic E-state index is 14.8. The first kappa shape index (κ1) is 28.1. The van der Waals surface area contributed by atoms with Crippen LogP contribution in [0.1, 0.15) is 56.1 Å². The van der Waals surface area contributed by atoms with Gasteiger partial charge < -0.3 is 10.1 Å². The average molecular weight is 557 g/mol. The fraction of sp³-hybridized carbons (Fsp3) is 0.458. The molecule has 210 valence electrons. The SMILES string of the molecule is CCn1ccc(C2=C(c3nnn[nH]3)C(=O)NC(c3ccc(OCCCCCC(F)(F)F)cc3)(C(F)(F)F)C2)n1. The molecule has 0 spiro atoms. The van der Waals surface area contributed by atoms with Gasteiger partial charge in [-0.05, 0) is 65.9 Å². The Morgan fingerprint density at radius 3 is 2.38 bits per heavy atom. The predicted molar refractivity (Wildman–Crippen MR) is 126 cm³/mol. The fourth-order valence-electron chi connectivity index (χ4n) is 4.36. The van der Waals surface area contributed by atoms with Crippen LogP contribution in [0.4, 0.5) is 26.3 Å². The molecule has 4 rings (SSSR count). The zero-order chi connectivity index (χ0) is 28.3. The van der Waals surface area contributed by atoms with Crippen molar-refractivity contribution in [3.63, 3.8) is 0 Å². The Morgan fingerprint density at radius 2 is 1.79 bits per heavy atom. The fourth-order valence-corrected chi connectivity index (χ4v) is 4.36. The van der Waals surface area contributed by atoms with Crippen LogP contribution in [-0.2, 0) is 16.9 Å². The molecule has 1 aromatic carbocycles. The molecule has 15 heteroatoms. The van der Waals surface area contributed by atoms with Crippen LogP contribution < -0.4 is 10.1 Å². The van der Waals surface area contributed by atoms with Crippen LogP contribution in [0.2, 0.25) is 0 Å². The van der Waals surface area contributed by atoms with E-state index in [0.717, 1.165) is 0 Å². The molecule has 0 fully saturated rings. The second-order valence-corrected chi connectivity index (χ2v) is 8.99. The van der Waals surface area contributed by atoms with Gasteiger partial charge in [-0.1, -0.05) is 12.1 Å². The molecule has 39 heavy (non-hydrogen) atoms. The van der Waals surface area contributed by atoms with Crippen molar-refractivity contribution >= 4 is 17.1 Å². The number of benzene rings is 1. The smallest absolute Gasteiger partial charge is 0.416 e. The lowest BCUT2D eigenvalue weighted by atomic mass is 9.77. The van der Waals surface area contributed by atoms with E-state index in [-0.39, 0.29) is 47.0 Å². The van der Waals surface area contributed by atoms with Crippen molar-refractivity contribution in [1.29, 1.82) is 0 Å². The van der Waals surface area contributed by atoms with Crippen LogP contribution in [0.3, 0.4) is 0 Å². The Labute approximate surface area is 218 Å². The zero-order valence-electron chi connectivity index (χ0n) is 20.7. The molecule has 0 saturated carbocycles. The van der Waals surface area contributed by atoms with Crippen LogP contribution in [0.15, 0.2) is 36.5 Å². The van der Waals surface area contributed by atoms with E-state index in [1.54, 1.807) is 6.20 Å². The summed E-state index contributed by atoms with van der Waals surface area (Å²) in [5.74, 6) is -0.874. The van der Waals surface area contributed by atoms with Crippen molar-refractivity contribution in [2.45, 2.75) is 63.5 Å². The Morgan fingerprint density at radius 1 is 1.05 bits per heavy atom. The molecule has 1 aliphatic heterocycles. The third-order valence-electron chi connectivity index (χ3n) is 6.36. The Hall–Kier alpha value is -3.91. The summed E-state index contributed by atoms with van der Waals surface area (Å²) in [6, 6.07) is 6.59. The van der Waals surface area contributed by atoms with Gasteiger partial charge in [0.05, 0.1) is 17.9 Å². The van der Waals surface area contributed by atoms with Crippen LogP contribution in [0.5, 0.6) is 5.75 Å². The van der Waals surface area contributed by atoms with Gasteiger partial charge in [-0.3, -0.25) is 9.48 Å². The molecule has 0 saturated heterocycles. The summed E-state index contributed by atoms with van der Waals surface area (Å²) in [7, 11) is 0. The van der Waals surface area contributed by atoms with Gasteiger partial charge in [-0.15, -0.1) is 5.10 Å². The number of carbonyl (C=O) groups excluding carboxylic acids is 1. The van der Waals surface area contributed by atoms with Gasteiger partial charge in [0.15, 0.2) is 11.4 Å². The number of rotatable bonds is 10. The monoisotopic (exact) mass is 557 g/mol. The van der Waals surface area contributed by atoms with Gasteiger partial charge in [-0.25, -0.2) is 5.10 Å². The number of halogens is 6. The highest BCUT2D eigenvalue weighted by Gasteiger charge is 2.60. The number of nitrogens with zero attached hydrogens (tertiary/aromatic N) is 5. The number of nitrogens with one attached hydrogen (secondary N) is 2. The number of aromatic amines is 1. The van der Waals surface area contributed by atoms with E-state index in [2.05, 4.69) is 31.0 Å². The number of ether oxygens (including phenoxy) is 1. The molecule has 3 heterocycles. The molecule has 9 nitrogen and oxygen atoms in total. The van der Waals surface area contributed by atoms with E-state index < -0.39 is 36.6 Å². The van der Waals surface area contributed by atoms with Crippen molar-refractivity contribution in [3.8, 4) is 5.75 Å². The van der Waals surface area contributed by atoms with Crippen LogP contribution in [-0.4, -0.2) is 55.3 Å². The Kier molecular flexibility index (Phi) is 7.97. The first-order valence-electron chi connectivity index (χ1n) is 12.1. The van der Waals surface area contributed by atoms with Crippen LogP contribution in [0, 0.1) is 0 Å². The van der Waals surface area contributed by atoms with Crippen molar-refractivity contribution in [1.82, 2.24) is 35.7 Å². The van der Waals surface area contributed by atoms with Gasteiger partial charge in [-0.2, -0.15) is 31.4 Å². The van der Waals surface area contributed by atoms with Crippen LogP contribution >= 0.6 is 0 Å². The lowest BCUT2D eigenvalue weighted by Crippen LogP contribution is -2.58. The van der Waals surface area contributed by atoms with Gasteiger partial charge in [0.25, 0.3) is 5.91 Å². The van der Waals surface area contributed by atoms with E-state index in [9.17, 15) is 31.1 Å². The predicted octanol–water partition coefficient (Wildman–Crippen LogP) is 4.81. The molecule has 0 bridgehead atoms. The first-order valence-corrected chi connectivity index (χ1v) is 12.1. The number of amides is 1. The molecule has 1 aliphatic rings. The minimum Gasteiger partial charge on any atom is -0.494 e. The van der Waals surface area contributed by atoms with E-state index in [4.69, 9.17) is 4.74 Å². The Balaban J connectivity index is 1.60. The summed E-state index contributed by atoms with van der Waals surface area (Å²) in [6.07, 6.45) is -8.46. The number of unbranched alkanes of at least 4 members (excludes halogenated alkanes) is 2. The molecule has 2 N–H and O–H groups in total. The van der Waals surface area contributed by atoms with E-state index in [1.807, 2.05) is 6.92 Å². The molecule has 3 aromatic rings. The molecular formula is C24H25F6N7O2. The highest BCUT2D eigenvalue weighted by molar-refractivity contribution is 6.27. The molecule has 2 aromatic heterocycles. The quantitative estimate of drug-likeness (QED) is 0.274. The minimum absolute atomic E-state index is 0.0148. The van der Waals surface area contributed by atoms with Crippen LogP contribution in [0.25, 0.3) is 11.1 Å². The van der Waals surface area contributed by atoms with Crippen molar-refractivity contribution in [2.75, 3.05) is 6.61 Å². The largest absolute Gasteiger partial charge is 0.494 e. The number of carbonyl (C=O) groups is 1. The third-order valence-corrected chi connectivity index (χ3v) is 6.36. The molecule has 1 unspecified atom stereocenters. The Bertz CT molecular complexity index is 1300. The third kappa shape index (κ3) is 6.23. The highest BCUT2D eigenvalue weighted by Crippen LogP contribution is 2.49. The maximum Gasteiger partial charge on any atom is 0.416 e. The second kappa shape index (κ2) is 11.1. The summed E-state index contributed by atoms with van der Waals surface area (Å²) in [5.41, 5.74) is -2.98. The van der Waals surface area contributed by atoms with Gasteiger partial charge in [0, 0.05) is 25.6 Å². The molecule has 0 aliphatic carbocycles. The molecular weight excluding hydrogens is 532 g/mol. The minimum atomic E-state index is -4.91. The summed E-state index contributed by atoms with van der Waals surface area (Å²) in [6.45, 7) is 2.39. The number of aromatic nitrogens is 6. The maximum absolute atomic E-state index is 14.8. The number of aryl methyl sites for hydroxylation is 1. The van der Waals surface area contributed by atoms with Crippen molar-refractivity contribution < 1.29 is 35.9 Å². The van der Waals surface area contributed by atoms with E-state index in [0.29, 0.717) is 19.4 Å². The topological polar surface area (TPSA) is 111 Å². The van der Waals surface area contributed by atoms with E-state index >= 15 is 0 Å². The standard InChI is InChI=1S/C24H25F6N7O2/c1-2-37-12-10-18(34-37)17-14-22(24(28,29)30,31-21(38)19(17)20-32-35-36-33-20)15-6-8-16(9-7-15)39-13-5-3-4-11-23(25,26)27/h6-10,12H,2-5,11,13-14H2,1H3,(H,31,38)(H,32,33,35,36). The lowest BCUT2D eigenvalue weighted by molar-refractivity contribution is -0.201. The normalized spacial score (nSPS) is 18.4. The first-order chi connectivity index (χ1) is 18.4. The molecule has 1 amide bonds. The zero-order valence-corrected chi connectivity index (χ0v) is 20.7. The second-order valence-electron chi connectivity index (χ2n) is 8.99. The number of hydrogen-bond acceptors (Lipinski definition) is 6. The summed E-state index contributed by atoms with van der Waals surface area (Å²) in [4.78, 5) is 13.2. The summed E-state index contributed by atoms with van der Waals surface area (Å²) in [5, 5.41) is 19.5. The van der Waals surface area contributed by atoms with Crippen molar-refractivity contribution in [2.24, 2.45) is 0 Å². The number of hydrogen-bond donors (Lipinski definition) is 2. The summed E-state index contributed by atoms with van der Waals surface area (Å²) < 4.78 is 88.0. The molecule has 1 atom stereocenters. The van der Waals surface area contributed by atoms with E-state index in [1.165, 1.54) is 35.0 Å². The number of alkyl halides is 6. The van der Waals surface area contributed by atoms with Gasteiger partial charge in [0.1, 0.15) is 5.75 Å². The lowest BCUT2D eigenvalue weighted by Gasteiger charge is -2.41. The van der Waals surface area contributed by atoms with Gasteiger partial charge in [0.2, 0.25) is 0 Å².